The molecule has 0 radical (unpaired) electrons. The maximum atomic E-state index is 13.4. The number of aryl methyl sites for hydroxylation is 1. The molecule has 1 atom stereocenters. The zero-order valence-electron chi connectivity index (χ0n) is 24.0. The predicted molar refractivity (Wildman–Crippen MR) is 157 cm³/mol. The molecule has 8 heteroatoms. The SMILES string of the molecule is Cc1cc(OCCc2cc(Cl)ccc2OCC(=O)NC2CCCNC2)cc(C(=O)N(CC(C)C)CC(C)C)c1. The van der Waals surface area contributed by atoms with Crippen molar-refractivity contribution in [1.82, 2.24) is 15.5 Å². The van der Waals surface area contributed by atoms with Gasteiger partial charge in [0.2, 0.25) is 0 Å². The summed E-state index contributed by atoms with van der Waals surface area (Å²) < 4.78 is 11.9. The Labute approximate surface area is 238 Å². The van der Waals surface area contributed by atoms with Crippen molar-refractivity contribution in [2.45, 2.75) is 59.9 Å². The third kappa shape index (κ3) is 10.4. The summed E-state index contributed by atoms with van der Waals surface area (Å²) in [5.74, 6) is 1.92. The van der Waals surface area contributed by atoms with E-state index in [-0.39, 0.29) is 24.5 Å². The van der Waals surface area contributed by atoms with Gasteiger partial charge in [-0.1, -0.05) is 39.3 Å². The summed E-state index contributed by atoms with van der Waals surface area (Å²) in [6.07, 6.45) is 2.56. The number of benzene rings is 2. The van der Waals surface area contributed by atoms with Crippen LogP contribution in [0.4, 0.5) is 0 Å². The Morgan fingerprint density at radius 3 is 2.49 bits per heavy atom. The molecule has 1 fully saturated rings. The second-order valence-electron chi connectivity index (χ2n) is 11.3. The topological polar surface area (TPSA) is 79.9 Å². The van der Waals surface area contributed by atoms with Crippen molar-refractivity contribution >= 4 is 23.4 Å². The predicted octanol–water partition coefficient (Wildman–Crippen LogP) is 5.27. The van der Waals surface area contributed by atoms with Gasteiger partial charge in [-0.2, -0.15) is 0 Å². The molecule has 0 spiro atoms. The number of halogens is 1. The number of piperidine rings is 1. The molecule has 1 aliphatic heterocycles. The van der Waals surface area contributed by atoms with Crippen LogP contribution in [-0.2, 0) is 11.2 Å². The average molecular weight is 558 g/mol. The molecule has 2 aromatic carbocycles. The molecule has 0 bridgehead atoms. The summed E-state index contributed by atoms with van der Waals surface area (Å²) >= 11 is 6.26. The van der Waals surface area contributed by atoms with Gasteiger partial charge >= 0.3 is 0 Å². The fourth-order valence-corrected chi connectivity index (χ4v) is 5.00. The molecule has 2 amide bonds. The number of nitrogens with zero attached hydrogens (tertiary/aromatic N) is 1. The van der Waals surface area contributed by atoms with Crippen LogP contribution >= 0.6 is 11.6 Å². The molecular formula is C31H44ClN3O4. The van der Waals surface area contributed by atoms with E-state index >= 15 is 0 Å². The first kappa shape index (κ1) is 30.8. The third-order valence-corrected chi connectivity index (χ3v) is 6.67. The highest BCUT2D eigenvalue weighted by Crippen LogP contribution is 2.25. The van der Waals surface area contributed by atoms with E-state index in [2.05, 4.69) is 38.3 Å². The molecule has 1 aliphatic rings. The van der Waals surface area contributed by atoms with E-state index < -0.39 is 0 Å². The van der Waals surface area contributed by atoms with Gasteiger partial charge in [-0.25, -0.2) is 0 Å². The molecule has 214 valence electrons. The third-order valence-electron chi connectivity index (χ3n) is 6.44. The van der Waals surface area contributed by atoms with Crippen LogP contribution in [-0.4, -0.2) is 62.1 Å². The highest BCUT2D eigenvalue weighted by Gasteiger charge is 2.20. The van der Waals surface area contributed by atoms with E-state index in [1.165, 1.54) is 0 Å². The van der Waals surface area contributed by atoms with Crippen molar-refractivity contribution in [2.75, 3.05) is 39.4 Å². The normalized spacial score (nSPS) is 15.3. The second-order valence-corrected chi connectivity index (χ2v) is 11.7. The van der Waals surface area contributed by atoms with Crippen molar-refractivity contribution < 1.29 is 19.1 Å². The Kier molecular flexibility index (Phi) is 11.9. The Hall–Kier alpha value is -2.77. The average Bonchev–Trinajstić information content (AvgIpc) is 2.87. The largest absolute Gasteiger partial charge is 0.493 e. The number of nitrogens with one attached hydrogen (secondary N) is 2. The van der Waals surface area contributed by atoms with Crippen molar-refractivity contribution in [3.63, 3.8) is 0 Å². The van der Waals surface area contributed by atoms with Crippen LogP contribution in [0.3, 0.4) is 0 Å². The fourth-order valence-electron chi connectivity index (χ4n) is 4.81. The van der Waals surface area contributed by atoms with Crippen LogP contribution in [0.5, 0.6) is 11.5 Å². The van der Waals surface area contributed by atoms with Crippen LogP contribution in [0.2, 0.25) is 5.02 Å². The van der Waals surface area contributed by atoms with Gasteiger partial charge < -0.3 is 25.0 Å². The van der Waals surface area contributed by atoms with E-state index in [0.717, 1.165) is 37.1 Å². The molecule has 7 nitrogen and oxygen atoms in total. The number of ether oxygens (including phenoxy) is 2. The highest BCUT2D eigenvalue weighted by molar-refractivity contribution is 6.30. The minimum Gasteiger partial charge on any atom is -0.493 e. The van der Waals surface area contributed by atoms with Gasteiger partial charge in [0.1, 0.15) is 11.5 Å². The lowest BCUT2D eigenvalue weighted by Crippen LogP contribution is -2.47. The Balaban J connectivity index is 1.61. The molecule has 0 saturated carbocycles. The first-order valence-corrected chi connectivity index (χ1v) is 14.4. The van der Waals surface area contributed by atoms with Crippen LogP contribution in [0, 0.1) is 18.8 Å². The smallest absolute Gasteiger partial charge is 0.258 e. The monoisotopic (exact) mass is 557 g/mol. The van der Waals surface area contributed by atoms with Gasteiger partial charge in [0.15, 0.2) is 6.61 Å². The lowest BCUT2D eigenvalue weighted by Gasteiger charge is -2.26. The lowest BCUT2D eigenvalue weighted by atomic mass is 10.1. The van der Waals surface area contributed by atoms with Gasteiger partial charge in [0.05, 0.1) is 6.61 Å². The van der Waals surface area contributed by atoms with E-state index in [0.29, 0.717) is 60.0 Å². The number of hydrogen-bond donors (Lipinski definition) is 2. The van der Waals surface area contributed by atoms with Crippen molar-refractivity contribution in [1.29, 1.82) is 0 Å². The summed E-state index contributed by atoms with van der Waals surface area (Å²) in [5.41, 5.74) is 2.46. The van der Waals surface area contributed by atoms with Crippen LogP contribution in [0.15, 0.2) is 36.4 Å². The minimum absolute atomic E-state index is 0.0266. The van der Waals surface area contributed by atoms with Gasteiger partial charge in [0.25, 0.3) is 11.8 Å². The Morgan fingerprint density at radius 1 is 1.08 bits per heavy atom. The standard InChI is InChI=1S/C31H44ClN3O4/c1-21(2)18-35(19-22(3)4)31(37)25-13-23(5)14-28(16-25)38-12-10-24-15-26(32)8-9-29(24)39-20-30(36)34-27-7-6-11-33-17-27/h8-9,13-16,21-22,27,33H,6-7,10-12,17-20H2,1-5H3,(H,34,36). The molecule has 39 heavy (non-hydrogen) atoms. The Morgan fingerprint density at radius 2 is 1.82 bits per heavy atom. The van der Waals surface area contributed by atoms with Gasteiger partial charge in [-0.15, -0.1) is 0 Å². The van der Waals surface area contributed by atoms with Gasteiger partial charge in [-0.3, -0.25) is 9.59 Å². The van der Waals surface area contributed by atoms with E-state index in [1.54, 1.807) is 12.1 Å². The molecule has 1 unspecified atom stereocenters. The number of rotatable bonds is 13. The molecule has 1 heterocycles. The maximum absolute atomic E-state index is 13.4. The quantitative estimate of drug-likeness (QED) is 0.351. The molecule has 3 rings (SSSR count). The van der Waals surface area contributed by atoms with Crippen LogP contribution < -0.4 is 20.1 Å². The highest BCUT2D eigenvalue weighted by atomic mass is 35.5. The van der Waals surface area contributed by atoms with Crippen molar-refractivity contribution in [3.8, 4) is 11.5 Å². The van der Waals surface area contributed by atoms with Gasteiger partial charge in [-0.05, 0) is 85.7 Å². The van der Waals surface area contributed by atoms with E-state index in [1.807, 2.05) is 36.1 Å². The molecular weight excluding hydrogens is 514 g/mol. The number of carbonyl (C=O) groups excluding carboxylic acids is 2. The Bertz CT molecular complexity index is 1090. The zero-order chi connectivity index (χ0) is 28.4. The number of amides is 2. The summed E-state index contributed by atoms with van der Waals surface area (Å²) in [4.78, 5) is 27.7. The van der Waals surface area contributed by atoms with Crippen molar-refractivity contribution in [2.24, 2.45) is 11.8 Å². The minimum atomic E-state index is -0.137. The van der Waals surface area contributed by atoms with Crippen molar-refractivity contribution in [3.05, 3.63) is 58.1 Å². The number of hydrogen-bond acceptors (Lipinski definition) is 5. The van der Waals surface area contributed by atoms with Gasteiger partial charge in [0, 0.05) is 42.7 Å². The van der Waals surface area contributed by atoms with Crippen LogP contribution in [0.25, 0.3) is 0 Å². The summed E-state index contributed by atoms with van der Waals surface area (Å²) in [5, 5.41) is 6.91. The summed E-state index contributed by atoms with van der Waals surface area (Å²) in [6, 6.07) is 11.2. The first-order valence-electron chi connectivity index (χ1n) is 14.1. The van der Waals surface area contributed by atoms with Crippen LogP contribution in [0.1, 0.15) is 62.0 Å². The summed E-state index contributed by atoms with van der Waals surface area (Å²) in [7, 11) is 0. The number of carbonyl (C=O) groups is 2. The second kappa shape index (κ2) is 15.1. The fraction of sp³-hybridized carbons (Fsp3) is 0.548. The molecule has 1 saturated heterocycles. The molecule has 2 N–H and O–H groups in total. The van der Waals surface area contributed by atoms with E-state index in [4.69, 9.17) is 21.1 Å². The maximum Gasteiger partial charge on any atom is 0.258 e. The lowest BCUT2D eigenvalue weighted by molar-refractivity contribution is -0.123. The zero-order valence-corrected chi connectivity index (χ0v) is 24.8. The first-order chi connectivity index (χ1) is 18.6. The molecule has 2 aromatic rings. The molecule has 0 aromatic heterocycles. The summed E-state index contributed by atoms with van der Waals surface area (Å²) in [6.45, 7) is 14.0. The van der Waals surface area contributed by atoms with E-state index in [9.17, 15) is 9.59 Å². The molecule has 0 aliphatic carbocycles.